The van der Waals surface area contributed by atoms with Gasteiger partial charge in [0.1, 0.15) is 5.76 Å². The first-order chi connectivity index (χ1) is 9.19. The first-order valence-corrected chi connectivity index (χ1v) is 6.63. The molecule has 0 unspecified atom stereocenters. The van der Waals surface area contributed by atoms with Crippen LogP contribution in [-0.2, 0) is 19.6 Å². The van der Waals surface area contributed by atoms with Gasteiger partial charge in [0.15, 0.2) is 0 Å². The number of rotatable bonds is 6. The van der Waals surface area contributed by atoms with Crippen molar-refractivity contribution in [1.29, 1.82) is 0 Å². The van der Waals surface area contributed by atoms with Crippen molar-refractivity contribution in [2.75, 3.05) is 14.1 Å². The van der Waals surface area contributed by atoms with E-state index in [-0.39, 0.29) is 0 Å². The van der Waals surface area contributed by atoms with Gasteiger partial charge < -0.3 is 9.73 Å². The third kappa shape index (κ3) is 3.94. The average Bonchev–Trinajstić information content (AvgIpc) is 2.80. The minimum Gasteiger partial charge on any atom is -0.468 e. The summed E-state index contributed by atoms with van der Waals surface area (Å²) in [5.74, 6) is 1.03. The predicted octanol–water partition coefficient (Wildman–Crippen LogP) is 2.94. The molecule has 2 aromatic rings. The van der Waals surface area contributed by atoms with Crippen molar-refractivity contribution in [2.45, 2.75) is 26.6 Å². The van der Waals surface area contributed by atoms with E-state index in [1.54, 1.807) is 6.26 Å². The van der Waals surface area contributed by atoms with Gasteiger partial charge in [-0.15, -0.1) is 0 Å². The van der Waals surface area contributed by atoms with Crippen molar-refractivity contribution < 1.29 is 4.42 Å². The number of hydrogen-bond donors (Lipinski definition) is 1. The summed E-state index contributed by atoms with van der Waals surface area (Å²) in [5, 5.41) is 3.13. The lowest BCUT2D eigenvalue weighted by Crippen LogP contribution is -2.18. The van der Waals surface area contributed by atoms with Crippen LogP contribution in [0.25, 0.3) is 0 Å². The maximum atomic E-state index is 5.48. The van der Waals surface area contributed by atoms with Crippen LogP contribution in [0.5, 0.6) is 0 Å². The zero-order valence-corrected chi connectivity index (χ0v) is 11.9. The molecule has 3 nitrogen and oxygen atoms in total. The summed E-state index contributed by atoms with van der Waals surface area (Å²) in [7, 11) is 4.07. The van der Waals surface area contributed by atoms with Crippen molar-refractivity contribution in [1.82, 2.24) is 10.2 Å². The summed E-state index contributed by atoms with van der Waals surface area (Å²) in [6, 6.07) is 10.8. The van der Waals surface area contributed by atoms with Crippen LogP contribution in [0.4, 0.5) is 0 Å². The van der Waals surface area contributed by atoms with Gasteiger partial charge in [-0.1, -0.05) is 29.8 Å². The second-order valence-electron chi connectivity index (χ2n) is 5.06. The number of benzene rings is 1. The lowest BCUT2D eigenvalue weighted by atomic mass is 10.1. The summed E-state index contributed by atoms with van der Waals surface area (Å²) in [6.45, 7) is 4.75. The largest absolute Gasteiger partial charge is 0.468 e. The van der Waals surface area contributed by atoms with E-state index in [0.717, 1.165) is 25.4 Å². The fourth-order valence-corrected chi connectivity index (χ4v) is 2.18. The van der Waals surface area contributed by atoms with E-state index in [4.69, 9.17) is 4.42 Å². The van der Waals surface area contributed by atoms with Gasteiger partial charge in [0.2, 0.25) is 0 Å². The fraction of sp³-hybridized carbons (Fsp3) is 0.375. The highest BCUT2D eigenvalue weighted by Crippen LogP contribution is 2.14. The highest BCUT2D eigenvalue weighted by molar-refractivity contribution is 5.22. The number of hydrogen-bond acceptors (Lipinski definition) is 3. The molecule has 1 heterocycles. The van der Waals surface area contributed by atoms with E-state index in [0.29, 0.717) is 0 Å². The smallest absolute Gasteiger partial charge is 0.122 e. The molecule has 0 atom stereocenters. The summed E-state index contributed by atoms with van der Waals surface area (Å²) >= 11 is 0. The van der Waals surface area contributed by atoms with E-state index in [1.807, 2.05) is 7.05 Å². The Balaban J connectivity index is 1.95. The van der Waals surface area contributed by atoms with Crippen LogP contribution in [0.15, 0.2) is 41.0 Å². The normalized spacial score (nSPS) is 11.2. The van der Waals surface area contributed by atoms with E-state index >= 15 is 0 Å². The number of nitrogens with one attached hydrogen (secondary N) is 1. The van der Waals surface area contributed by atoms with Crippen LogP contribution >= 0.6 is 0 Å². The molecule has 0 fully saturated rings. The fourth-order valence-electron chi connectivity index (χ4n) is 2.18. The van der Waals surface area contributed by atoms with Crippen molar-refractivity contribution in [2.24, 2.45) is 0 Å². The van der Waals surface area contributed by atoms with Crippen LogP contribution in [0.3, 0.4) is 0 Å². The molecule has 1 aromatic carbocycles. The number of aryl methyl sites for hydroxylation is 1. The molecular formula is C16H22N2O. The molecule has 102 valence electrons. The first kappa shape index (κ1) is 13.8. The Labute approximate surface area is 115 Å². The van der Waals surface area contributed by atoms with Crippen molar-refractivity contribution >= 4 is 0 Å². The minimum atomic E-state index is 0.778. The molecule has 2 rings (SSSR count). The van der Waals surface area contributed by atoms with Crippen LogP contribution in [0, 0.1) is 6.92 Å². The lowest BCUT2D eigenvalue weighted by molar-refractivity contribution is 0.315. The van der Waals surface area contributed by atoms with Gasteiger partial charge in [-0.25, -0.2) is 0 Å². The standard InChI is InChI=1S/C16H22N2O/c1-13-4-6-14(7-5-13)11-18(3)12-15-8-9-19-16(15)10-17-2/h4-9,17H,10-12H2,1-3H3. The third-order valence-corrected chi connectivity index (χ3v) is 3.19. The van der Waals surface area contributed by atoms with E-state index in [1.165, 1.54) is 16.7 Å². The molecule has 0 aliphatic heterocycles. The highest BCUT2D eigenvalue weighted by Gasteiger charge is 2.08. The first-order valence-electron chi connectivity index (χ1n) is 6.63. The molecule has 0 saturated carbocycles. The van der Waals surface area contributed by atoms with E-state index in [9.17, 15) is 0 Å². The molecule has 0 spiro atoms. The van der Waals surface area contributed by atoms with Gasteiger partial charge in [0.25, 0.3) is 0 Å². The number of furan rings is 1. The molecular weight excluding hydrogens is 236 g/mol. The molecule has 0 bridgehead atoms. The van der Waals surface area contributed by atoms with Crippen molar-refractivity contribution in [3.63, 3.8) is 0 Å². The zero-order chi connectivity index (χ0) is 13.7. The molecule has 0 aliphatic carbocycles. The Bertz CT molecular complexity index is 502. The summed E-state index contributed by atoms with van der Waals surface area (Å²) in [5.41, 5.74) is 3.90. The minimum absolute atomic E-state index is 0.778. The van der Waals surface area contributed by atoms with Crippen LogP contribution in [-0.4, -0.2) is 19.0 Å². The van der Waals surface area contributed by atoms with Gasteiger partial charge in [-0.3, -0.25) is 4.90 Å². The van der Waals surface area contributed by atoms with Gasteiger partial charge in [0.05, 0.1) is 12.8 Å². The highest BCUT2D eigenvalue weighted by atomic mass is 16.3. The summed E-state index contributed by atoms with van der Waals surface area (Å²) in [4.78, 5) is 2.30. The van der Waals surface area contributed by atoms with Crippen LogP contribution in [0.1, 0.15) is 22.5 Å². The Morgan fingerprint density at radius 1 is 1.11 bits per heavy atom. The maximum Gasteiger partial charge on any atom is 0.122 e. The van der Waals surface area contributed by atoms with Crippen molar-refractivity contribution in [3.05, 3.63) is 59.0 Å². The molecule has 19 heavy (non-hydrogen) atoms. The number of nitrogens with zero attached hydrogens (tertiary/aromatic N) is 1. The van der Waals surface area contributed by atoms with Crippen LogP contribution < -0.4 is 5.32 Å². The molecule has 0 aliphatic rings. The average molecular weight is 258 g/mol. The Morgan fingerprint density at radius 3 is 2.53 bits per heavy atom. The van der Waals surface area contributed by atoms with Gasteiger partial charge in [-0.2, -0.15) is 0 Å². The SMILES string of the molecule is CNCc1occc1CN(C)Cc1ccc(C)cc1. The zero-order valence-electron chi connectivity index (χ0n) is 11.9. The molecule has 3 heteroatoms. The monoisotopic (exact) mass is 258 g/mol. The van der Waals surface area contributed by atoms with E-state index in [2.05, 4.69) is 54.5 Å². The summed E-state index contributed by atoms with van der Waals surface area (Å²) < 4.78 is 5.48. The third-order valence-electron chi connectivity index (χ3n) is 3.19. The van der Waals surface area contributed by atoms with Crippen LogP contribution in [0.2, 0.25) is 0 Å². The second-order valence-corrected chi connectivity index (χ2v) is 5.06. The Morgan fingerprint density at radius 2 is 1.84 bits per heavy atom. The topological polar surface area (TPSA) is 28.4 Å². The molecule has 0 radical (unpaired) electrons. The lowest BCUT2D eigenvalue weighted by Gasteiger charge is -2.16. The van der Waals surface area contributed by atoms with E-state index < -0.39 is 0 Å². The predicted molar refractivity (Wildman–Crippen MR) is 77.8 cm³/mol. The molecule has 0 saturated heterocycles. The molecule has 1 N–H and O–H groups in total. The quantitative estimate of drug-likeness (QED) is 0.863. The van der Waals surface area contributed by atoms with Gasteiger partial charge in [0, 0.05) is 18.7 Å². The Kier molecular flexibility index (Phi) is 4.77. The van der Waals surface area contributed by atoms with Gasteiger partial charge in [-0.05, 0) is 32.6 Å². The summed E-state index contributed by atoms with van der Waals surface area (Å²) in [6.07, 6.45) is 1.77. The Hall–Kier alpha value is -1.58. The second kappa shape index (κ2) is 6.55. The maximum absolute atomic E-state index is 5.48. The van der Waals surface area contributed by atoms with Gasteiger partial charge >= 0.3 is 0 Å². The van der Waals surface area contributed by atoms with Crippen molar-refractivity contribution in [3.8, 4) is 0 Å². The molecule has 1 aromatic heterocycles. The molecule has 0 amide bonds.